The standard InChI is InChI=1S/C14H15NO4S/c1-14(2)12(15-10(17)7-11(15)20-14)13(18)19-9-5-3-4-8(16)6-9/h3-6,11-12,16H,7H2,1-2H3/t11-,12+/m1/s1. The maximum atomic E-state index is 12.4. The lowest BCUT2D eigenvalue weighted by molar-refractivity contribution is -0.155. The van der Waals surface area contributed by atoms with Gasteiger partial charge in [0.05, 0.1) is 11.8 Å². The van der Waals surface area contributed by atoms with Crippen LogP contribution in [0.4, 0.5) is 0 Å². The van der Waals surface area contributed by atoms with Crippen LogP contribution in [0.2, 0.25) is 0 Å². The van der Waals surface area contributed by atoms with Crippen LogP contribution in [0.3, 0.4) is 0 Å². The SMILES string of the molecule is CC1(C)S[C@@H]2CC(=O)N2[C@H]1C(=O)Oc1cccc(O)c1. The van der Waals surface area contributed by atoms with Crippen molar-refractivity contribution in [3.63, 3.8) is 0 Å². The molecule has 5 nitrogen and oxygen atoms in total. The molecule has 0 aliphatic carbocycles. The van der Waals surface area contributed by atoms with Gasteiger partial charge in [0, 0.05) is 10.8 Å². The van der Waals surface area contributed by atoms with E-state index in [1.165, 1.54) is 12.1 Å². The molecule has 20 heavy (non-hydrogen) atoms. The number of hydrogen-bond donors (Lipinski definition) is 1. The second kappa shape index (κ2) is 4.41. The van der Waals surface area contributed by atoms with Crippen molar-refractivity contribution < 1.29 is 19.4 Å². The molecule has 0 bridgehead atoms. The van der Waals surface area contributed by atoms with E-state index in [-0.39, 0.29) is 27.5 Å². The molecular formula is C14H15NO4S. The molecule has 2 aliphatic rings. The van der Waals surface area contributed by atoms with Crippen LogP contribution in [0, 0.1) is 0 Å². The third-order valence-electron chi connectivity index (χ3n) is 3.58. The van der Waals surface area contributed by atoms with Crippen LogP contribution in [-0.4, -0.2) is 38.0 Å². The summed E-state index contributed by atoms with van der Waals surface area (Å²) in [6.45, 7) is 3.88. The number of aromatic hydroxyl groups is 1. The predicted molar refractivity (Wildman–Crippen MR) is 74.5 cm³/mol. The van der Waals surface area contributed by atoms with Crippen molar-refractivity contribution in [3.05, 3.63) is 24.3 Å². The van der Waals surface area contributed by atoms with Crippen LogP contribution in [0.5, 0.6) is 11.5 Å². The van der Waals surface area contributed by atoms with Gasteiger partial charge in [-0.2, -0.15) is 0 Å². The van der Waals surface area contributed by atoms with Crippen LogP contribution in [-0.2, 0) is 9.59 Å². The van der Waals surface area contributed by atoms with E-state index in [1.807, 2.05) is 13.8 Å². The van der Waals surface area contributed by atoms with Gasteiger partial charge in [-0.3, -0.25) is 4.79 Å². The van der Waals surface area contributed by atoms with Crippen LogP contribution in [0.15, 0.2) is 24.3 Å². The predicted octanol–water partition coefficient (Wildman–Crippen LogP) is 1.75. The molecule has 6 heteroatoms. The van der Waals surface area contributed by atoms with Crippen molar-refractivity contribution in [3.8, 4) is 11.5 Å². The van der Waals surface area contributed by atoms with E-state index in [4.69, 9.17) is 4.74 Å². The summed E-state index contributed by atoms with van der Waals surface area (Å²) >= 11 is 1.63. The van der Waals surface area contributed by atoms with Gasteiger partial charge < -0.3 is 14.7 Å². The number of fused-ring (bicyclic) bond motifs is 1. The van der Waals surface area contributed by atoms with Gasteiger partial charge >= 0.3 is 5.97 Å². The molecule has 2 aliphatic heterocycles. The Labute approximate surface area is 120 Å². The second-order valence-corrected chi connectivity index (χ2v) is 7.33. The van der Waals surface area contributed by atoms with Gasteiger partial charge in [0.1, 0.15) is 17.5 Å². The highest BCUT2D eigenvalue weighted by Crippen LogP contribution is 2.50. The van der Waals surface area contributed by atoms with Gasteiger partial charge in [0.2, 0.25) is 5.91 Å². The maximum Gasteiger partial charge on any atom is 0.335 e. The minimum Gasteiger partial charge on any atom is -0.508 e. The fourth-order valence-corrected chi connectivity index (χ4v) is 4.30. The van der Waals surface area contributed by atoms with Crippen molar-refractivity contribution in [1.29, 1.82) is 0 Å². The summed E-state index contributed by atoms with van der Waals surface area (Å²) in [5.41, 5.74) is 0. The summed E-state index contributed by atoms with van der Waals surface area (Å²) in [6, 6.07) is 5.50. The van der Waals surface area contributed by atoms with Crippen molar-refractivity contribution >= 4 is 23.6 Å². The van der Waals surface area contributed by atoms with Crippen LogP contribution < -0.4 is 4.74 Å². The first-order valence-corrected chi connectivity index (χ1v) is 7.26. The van der Waals surface area contributed by atoms with Crippen molar-refractivity contribution in [1.82, 2.24) is 4.90 Å². The molecule has 106 valence electrons. The van der Waals surface area contributed by atoms with Crippen LogP contribution >= 0.6 is 11.8 Å². The summed E-state index contributed by atoms with van der Waals surface area (Å²) < 4.78 is 4.94. The highest BCUT2D eigenvalue weighted by molar-refractivity contribution is 8.01. The third-order valence-corrected chi connectivity index (χ3v) is 5.08. The molecule has 2 fully saturated rings. The van der Waals surface area contributed by atoms with E-state index in [0.717, 1.165) is 0 Å². The van der Waals surface area contributed by atoms with Crippen molar-refractivity contribution in [2.75, 3.05) is 0 Å². The van der Waals surface area contributed by atoms with Crippen molar-refractivity contribution in [2.45, 2.75) is 36.4 Å². The Hall–Kier alpha value is -1.69. The molecule has 3 rings (SSSR count). The van der Waals surface area contributed by atoms with Crippen molar-refractivity contribution in [2.24, 2.45) is 0 Å². The minimum atomic E-state index is -0.582. The van der Waals surface area contributed by atoms with Gasteiger partial charge in [0.25, 0.3) is 0 Å². The smallest absolute Gasteiger partial charge is 0.335 e. The number of esters is 1. The van der Waals surface area contributed by atoms with E-state index in [2.05, 4.69) is 0 Å². The first-order chi connectivity index (χ1) is 9.38. The minimum absolute atomic E-state index is 0.00839. The van der Waals surface area contributed by atoms with Crippen LogP contribution in [0.25, 0.3) is 0 Å². The summed E-state index contributed by atoms with van der Waals surface area (Å²) in [4.78, 5) is 25.7. The molecule has 0 saturated carbocycles. The molecular weight excluding hydrogens is 278 g/mol. The molecule has 0 aromatic heterocycles. The van der Waals surface area contributed by atoms with E-state index >= 15 is 0 Å². The number of nitrogens with zero attached hydrogens (tertiary/aromatic N) is 1. The molecule has 1 aromatic rings. The highest BCUT2D eigenvalue weighted by Gasteiger charge is 2.59. The Kier molecular flexibility index (Phi) is 2.93. The number of amides is 1. The molecule has 2 saturated heterocycles. The zero-order valence-corrected chi connectivity index (χ0v) is 12.0. The number of hydrogen-bond acceptors (Lipinski definition) is 5. The topological polar surface area (TPSA) is 66.8 Å². The molecule has 2 atom stereocenters. The average Bonchev–Trinajstić information content (AvgIpc) is 2.56. The normalized spacial score (nSPS) is 26.9. The van der Waals surface area contributed by atoms with Gasteiger partial charge in [-0.25, -0.2) is 4.79 Å². The Morgan fingerprint density at radius 3 is 2.90 bits per heavy atom. The zero-order chi connectivity index (χ0) is 14.5. The lowest BCUT2D eigenvalue weighted by atomic mass is 9.98. The summed E-state index contributed by atoms with van der Waals surface area (Å²) in [5.74, 6) is -0.143. The zero-order valence-electron chi connectivity index (χ0n) is 11.2. The van der Waals surface area contributed by atoms with Crippen LogP contribution in [0.1, 0.15) is 20.3 Å². The number of rotatable bonds is 2. The molecule has 0 unspecified atom stereocenters. The van der Waals surface area contributed by atoms with E-state index < -0.39 is 12.0 Å². The van der Waals surface area contributed by atoms with Gasteiger partial charge in [0.15, 0.2) is 0 Å². The Balaban J connectivity index is 1.81. The quantitative estimate of drug-likeness (QED) is 0.511. The number of phenolic OH excluding ortho intramolecular Hbond substituents is 1. The van der Waals surface area contributed by atoms with E-state index in [0.29, 0.717) is 6.42 Å². The van der Waals surface area contributed by atoms with Gasteiger partial charge in [-0.05, 0) is 26.0 Å². The number of ether oxygens (including phenoxy) is 1. The number of benzene rings is 1. The molecule has 1 N–H and O–H groups in total. The number of carbonyl (C=O) groups is 2. The molecule has 1 aromatic carbocycles. The van der Waals surface area contributed by atoms with Gasteiger partial charge in [-0.15, -0.1) is 11.8 Å². The first kappa shape index (κ1) is 13.3. The fourth-order valence-electron chi connectivity index (χ4n) is 2.68. The largest absolute Gasteiger partial charge is 0.508 e. The van der Waals surface area contributed by atoms with Gasteiger partial charge in [-0.1, -0.05) is 6.07 Å². The third kappa shape index (κ3) is 2.04. The lowest BCUT2D eigenvalue weighted by Crippen LogP contribution is -2.57. The molecule has 2 heterocycles. The molecule has 0 radical (unpaired) electrons. The lowest BCUT2D eigenvalue weighted by Gasteiger charge is -2.37. The number of β-lactam (4-membered cyclic amide) rings is 1. The summed E-state index contributed by atoms with van der Waals surface area (Å²) in [7, 11) is 0. The number of carbonyl (C=O) groups excluding carboxylic acids is 2. The van der Waals surface area contributed by atoms with E-state index in [9.17, 15) is 14.7 Å². The van der Waals surface area contributed by atoms with E-state index in [1.54, 1.807) is 28.8 Å². The monoisotopic (exact) mass is 293 g/mol. The highest BCUT2D eigenvalue weighted by atomic mass is 32.2. The maximum absolute atomic E-state index is 12.4. The first-order valence-electron chi connectivity index (χ1n) is 6.38. The fraction of sp³-hybridized carbons (Fsp3) is 0.429. The Morgan fingerprint density at radius 1 is 1.50 bits per heavy atom. The Morgan fingerprint density at radius 2 is 2.25 bits per heavy atom. The molecule has 0 spiro atoms. The summed E-state index contributed by atoms with van der Waals surface area (Å²) in [5, 5.41) is 9.46. The average molecular weight is 293 g/mol. The number of thioether (sulfide) groups is 1. The molecule has 1 amide bonds. The second-order valence-electron chi connectivity index (χ2n) is 5.50. The summed E-state index contributed by atoms with van der Waals surface area (Å²) in [6.07, 6.45) is 0.490. The number of phenols is 1. The Bertz CT molecular complexity index is 586.